The van der Waals surface area contributed by atoms with E-state index in [4.69, 9.17) is 0 Å². The molecule has 0 saturated heterocycles. The van der Waals surface area contributed by atoms with Gasteiger partial charge in [0.1, 0.15) is 0 Å². The van der Waals surface area contributed by atoms with Crippen LogP contribution in [0.4, 0.5) is 0 Å². The van der Waals surface area contributed by atoms with Gasteiger partial charge in [-0.2, -0.15) is 0 Å². The Bertz CT molecular complexity index is 258. The van der Waals surface area contributed by atoms with Crippen molar-refractivity contribution in [3.05, 3.63) is 0 Å². The summed E-state index contributed by atoms with van der Waals surface area (Å²) in [7, 11) is 0. The van der Waals surface area contributed by atoms with Gasteiger partial charge >= 0.3 is 0 Å². The molecule has 0 aromatic heterocycles. The standard InChI is InChI=1S/C17H33NO/c1-3-13-18-15-9-11-17(19,12-10-15)16-8-6-5-7-14(16)4-2/h14-16,18-19H,3-13H2,1-2H3. The van der Waals surface area contributed by atoms with Crippen molar-refractivity contribution < 1.29 is 5.11 Å². The maximum atomic E-state index is 11.1. The van der Waals surface area contributed by atoms with E-state index in [0.29, 0.717) is 12.0 Å². The van der Waals surface area contributed by atoms with Crippen LogP contribution in [0.3, 0.4) is 0 Å². The molecule has 0 aromatic rings. The highest BCUT2D eigenvalue weighted by molar-refractivity contribution is 4.96. The van der Waals surface area contributed by atoms with Crippen molar-refractivity contribution in [2.24, 2.45) is 11.8 Å². The Morgan fingerprint density at radius 3 is 2.37 bits per heavy atom. The third-order valence-corrected chi connectivity index (χ3v) is 5.66. The largest absolute Gasteiger partial charge is 0.390 e. The van der Waals surface area contributed by atoms with Gasteiger partial charge in [-0.05, 0) is 56.9 Å². The Morgan fingerprint density at radius 1 is 1.05 bits per heavy atom. The zero-order valence-electron chi connectivity index (χ0n) is 13.0. The van der Waals surface area contributed by atoms with Gasteiger partial charge in [0.2, 0.25) is 0 Å². The summed E-state index contributed by atoms with van der Waals surface area (Å²) in [5, 5.41) is 14.7. The van der Waals surface area contributed by atoms with Crippen LogP contribution >= 0.6 is 0 Å². The zero-order valence-corrected chi connectivity index (χ0v) is 13.0. The van der Waals surface area contributed by atoms with Gasteiger partial charge in [-0.1, -0.05) is 39.5 Å². The Balaban J connectivity index is 1.89. The predicted octanol–water partition coefficient (Wildman–Crippen LogP) is 3.88. The lowest BCUT2D eigenvalue weighted by Gasteiger charge is -2.47. The molecule has 19 heavy (non-hydrogen) atoms. The summed E-state index contributed by atoms with van der Waals surface area (Å²) in [5.41, 5.74) is -0.342. The highest BCUT2D eigenvalue weighted by Crippen LogP contribution is 2.45. The van der Waals surface area contributed by atoms with Crippen LogP contribution in [0.15, 0.2) is 0 Å². The summed E-state index contributed by atoms with van der Waals surface area (Å²) in [4.78, 5) is 0. The summed E-state index contributed by atoms with van der Waals surface area (Å²) in [5.74, 6) is 1.36. The third kappa shape index (κ3) is 3.72. The first-order valence-electron chi connectivity index (χ1n) is 8.65. The molecule has 0 bridgehead atoms. The van der Waals surface area contributed by atoms with E-state index in [0.717, 1.165) is 25.3 Å². The van der Waals surface area contributed by atoms with Crippen molar-refractivity contribution in [2.75, 3.05) is 6.54 Å². The molecule has 112 valence electrons. The molecule has 0 amide bonds. The molecule has 0 radical (unpaired) electrons. The fourth-order valence-corrected chi connectivity index (χ4v) is 4.44. The number of aliphatic hydroxyl groups is 1. The van der Waals surface area contributed by atoms with Gasteiger partial charge in [-0.3, -0.25) is 0 Å². The molecule has 2 atom stereocenters. The van der Waals surface area contributed by atoms with E-state index >= 15 is 0 Å². The maximum Gasteiger partial charge on any atom is 0.0679 e. The summed E-state index contributed by atoms with van der Waals surface area (Å²) >= 11 is 0. The minimum absolute atomic E-state index is 0.342. The quantitative estimate of drug-likeness (QED) is 0.792. The van der Waals surface area contributed by atoms with Gasteiger partial charge < -0.3 is 10.4 Å². The molecule has 2 unspecified atom stereocenters. The summed E-state index contributed by atoms with van der Waals surface area (Å²) in [6.07, 6.45) is 12.2. The van der Waals surface area contributed by atoms with Crippen molar-refractivity contribution in [1.29, 1.82) is 0 Å². The van der Waals surface area contributed by atoms with Crippen LogP contribution in [0.5, 0.6) is 0 Å². The van der Waals surface area contributed by atoms with Gasteiger partial charge in [0, 0.05) is 6.04 Å². The second kappa shape index (κ2) is 7.08. The van der Waals surface area contributed by atoms with Crippen LogP contribution in [0.1, 0.15) is 78.1 Å². The molecular weight excluding hydrogens is 234 g/mol. The third-order valence-electron chi connectivity index (χ3n) is 5.66. The van der Waals surface area contributed by atoms with E-state index < -0.39 is 0 Å². The molecule has 2 aliphatic carbocycles. The smallest absolute Gasteiger partial charge is 0.0679 e. The number of hydrogen-bond donors (Lipinski definition) is 2. The van der Waals surface area contributed by atoms with E-state index in [1.807, 2.05) is 0 Å². The Kier molecular flexibility index (Phi) is 5.70. The first-order valence-corrected chi connectivity index (χ1v) is 8.65. The summed E-state index contributed by atoms with van der Waals surface area (Å²) < 4.78 is 0. The second-order valence-corrected chi connectivity index (χ2v) is 6.89. The highest BCUT2D eigenvalue weighted by atomic mass is 16.3. The monoisotopic (exact) mass is 267 g/mol. The van der Waals surface area contributed by atoms with E-state index in [-0.39, 0.29) is 5.60 Å². The fourth-order valence-electron chi connectivity index (χ4n) is 4.44. The van der Waals surface area contributed by atoms with Crippen LogP contribution in [0.2, 0.25) is 0 Å². The molecule has 0 aliphatic heterocycles. The van der Waals surface area contributed by atoms with Crippen molar-refractivity contribution in [2.45, 2.75) is 89.7 Å². The highest BCUT2D eigenvalue weighted by Gasteiger charge is 2.43. The molecule has 0 heterocycles. The summed E-state index contributed by atoms with van der Waals surface area (Å²) in [6, 6.07) is 0.656. The van der Waals surface area contributed by atoms with Gasteiger partial charge in [0.05, 0.1) is 5.60 Å². The predicted molar refractivity (Wildman–Crippen MR) is 81.2 cm³/mol. The normalized spacial score (nSPS) is 40.3. The minimum atomic E-state index is -0.342. The van der Waals surface area contributed by atoms with E-state index in [9.17, 15) is 5.11 Å². The molecule has 2 fully saturated rings. The minimum Gasteiger partial charge on any atom is -0.390 e. The van der Waals surface area contributed by atoms with Crippen LogP contribution < -0.4 is 5.32 Å². The van der Waals surface area contributed by atoms with Crippen LogP contribution in [0.25, 0.3) is 0 Å². The average molecular weight is 267 g/mol. The van der Waals surface area contributed by atoms with Crippen LogP contribution in [0, 0.1) is 11.8 Å². The van der Waals surface area contributed by atoms with Gasteiger partial charge in [0.15, 0.2) is 0 Å². The van der Waals surface area contributed by atoms with Crippen molar-refractivity contribution in [3.63, 3.8) is 0 Å². The van der Waals surface area contributed by atoms with Crippen molar-refractivity contribution >= 4 is 0 Å². The maximum absolute atomic E-state index is 11.1. The molecule has 2 nitrogen and oxygen atoms in total. The first-order chi connectivity index (χ1) is 9.19. The Labute approximate surface area is 119 Å². The van der Waals surface area contributed by atoms with Gasteiger partial charge in [0.25, 0.3) is 0 Å². The number of nitrogens with one attached hydrogen (secondary N) is 1. The van der Waals surface area contributed by atoms with Gasteiger partial charge in [-0.25, -0.2) is 0 Å². The molecule has 2 rings (SSSR count). The van der Waals surface area contributed by atoms with Gasteiger partial charge in [-0.15, -0.1) is 0 Å². The topological polar surface area (TPSA) is 32.3 Å². The lowest BCUT2D eigenvalue weighted by Crippen LogP contribution is -2.49. The van der Waals surface area contributed by atoms with Crippen LogP contribution in [-0.4, -0.2) is 23.3 Å². The Morgan fingerprint density at radius 2 is 1.74 bits per heavy atom. The molecule has 2 N–H and O–H groups in total. The fraction of sp³-hybridized carbons (Fsp3) is 1.00. The lowest BCUT2D eigenvalue weighted by atomic mass is 9.64. The molecule has 2 heteroatoms. The molecular formula is C17H33NO. The Hall–Kier alpha value is -0.0800. The zero-order chi connectivity index (χ0) is 13.7. The number of hydrogen-bond acceptors (Lipinski definition) is 2. The van der Waals surface area contributed by atoms with Crippen molar-refractivity contribution in [3.8, 4) is 0 Å². The number of rotatable bonds is 5. The SMILES string of the molecule is CCCNC1CCC(O)(C2CCCCC2CC)CC1. The second-order valence-electron chi connectivity index (χ2n) is 6.89. The molecule has 0 spiro atoms. The molecule has 2 saturated carbocycles. The molecule has 2 aliphatic rings. The first kappa shape index (κ1) is 15.3. The van der Waals surface area contributed by atoms with E-state index in [2.05, 4.69) is 19.2 Å². The lowest BCUT2D eigenvalue weighted by molar-refractivity contribution is -0.0871. The molecule has 0 aromatic carbocycles. The average Bonchev–Trinajstić information content (AvgIpc) is 2.47. The van der Waals surface area contributed by atoms with E-state index in [1.165, 1.54) is 51.4 Å². The van der Waals surface area contributed by atoms with Crippen molar-refractivity contribution in [1.82, 2.24) is 5.32 Å². The van der Waals surface area contributed by atoms with E-state index in [1.54, 1.807) is 0 Å². The van der Waals surface area contributed by atoms with Crippen LogP contribution in [-0.2, 0) is 0 Å². The summed E-state index contributed by atoms with van der Waals surface area (Å²) in [6.45, 7) is 5.66.